The fourth-order valence-electron chi connectivity index (χ4n) is 4.82. The Morgan fingerprint density at radius 1 is 0.780 bits per heavy atom. The lowest BCUT2D eigenvalue weighted by Crippen LogP contribution is -1.96. The van der Waals surface area contributed by atoms with Gasteiger partial charge in [-0.1, -0.05) is 42.5 Å². The normalized spacial score (nSPS) is 11.3. The first kappa shape index (κ1) is 24.5. The molecule has 41 heavy (non-hydrogen) atoms. The summed E-state index contributed by atoms with van der Waals surface area (Å²) < 4.78 is 25.5. The van der Waals surface area contributed by atoms with Gasteiger partial charge in [0.25, 0.3) is 0 Å². The Bertz CT molecular complexity index is 2020. The SMILES string of the molecule is COc1cc(F)cc(-c2cccc3[nH]c(-c4n[nH]c5ccc(-c6cncc(OCc7ccccc7)c6)nc45)nc23)c1. The summed E-state index contributed by atoms with van der Waals surface area (Å²) in [4.78, 5) is 17.5. The molecule has 0 amide bonds. The fraction of sp³-hybridized carbons (Fsp3) is 0.0625. The number of H-pyrrole nitrogens is 2. The Balaban J connectivity index is 1.24. The number of pyridine rings is 2. The summed E-state index contributed by atoms with van der Waals surface area (Å²) in [5.74, 6) is 1.25. The number of rotatable bonds is 7. The quantitative estimate of drug-likeness (QED) is 0.226. The van der Waals surface area contributed by atoms with Crippen LogP contribution < -0.4 is 9.47 Å². The van der Waals surface area contributed by atoms with E-state index in [0.717, 1.165) is 33.4 Å². The zero-order valence-corrected chi connectivity index (χ0v) is 21.9. The van der Waals surface area contributed by atoms with Crippen molar-refractivity contribution in [3.05, 3.63) is 109 Å². The molecule has 4 aromatic heterocycles. The summed E-state index contributed by atoms with van der Waals surface area (Å²) in [5, 5.41) is 7.57. The van der Waals surface area contributed by atoms with Gasteiger partial charge in [0.2, 0.25) is 0 Å². The third-order valence-electron chi connectivity index (χ3n) is 6.82. The van der Waals surface area contributed by atoms with E-state index >= 15 is 0 Å². The molecule has 2 N–H and O–H groups in total. The molecule has 0 aliphatic rings. The number of ether oxygens (including phenoxy) is 2. The molecule has 0 unspecified atom stereocenters. The number of hydrogen-bond donors (Lipinski definition) is 2. The third kappa shape index (κ3) is 4.74. The molecule has 3 aromatic carbocycles. The minimum atomic E-state index is -0.383. The van der Waals surface area contributed by atoms with Gasteiger partial charge in [-0.2, -0.15) is 5.10 Å². The fourth-order valence-corrected chi connectivity index (χ4v) is 4.82. The maximum atomic E-state index is 14.3. The summed E-state index contributed by atoms with van der Waals surface area (Å²) in [7, 11) is 1.51. The highest BCUT2D eigenvalue weighted by Crippen LogP contribution is 2.34. The monoisotopic (exact) mass is 542 g/mol. The number of para-hydroxylation sites is 1. The maximum Gasteiger partial charge on any atom is 0.161 e. The van der Waals surface area contributed by atoms with Crippen LogP contribution in [0.5, 0.6) is 11.5 Å². The summed E-state index contributed by atoms with van der Waals surface area (Å²) in [6.45, 7) is 0.445. The minimum absolute atomic E-state index is 0.383. The second-order valence-corrected chi connectivity index (χ2v) is 9.52. The second-order valence-electron chi connectivity index (χ2n) is 9.52. The average molecular weight is 543 g/mol. The highest BCUT2D eigenvalue weighted by molar-refractivity contribution is 5.96. The zero-order valence-electron chi connectivity index (χ0n) is 21.9. The van der Waals surface area contributed by atoms with Crippen LogP contribution in [0, 0.1) is 5.82 Å². The highest BCUT2D eigenvalue weighted by atomic mass is 19.1. The van der Waals surface area contributed by atoms with Crippen LogP contribution in [0.3, 0.4) is 0 Å². The summed E-state index contributed by atoms with van der Waals surface area (Å²) in [5.41, 5.74) is 7.54. The molecular weight excluding hydrogens is 519 g/mol. The molecule has 0 radical (unpaired) electrons. The maximum absolute atomic E-state index is 14.3. The predicted molar refractivity (Wildman–Crippen MR) is 155 cm³/mol. The first-order valence-electron chi connectivity index (χ1n) is 13.0. The number of benzene rings is 3. The van der Waals surface area contributed by atoms with Gasteiger partial charge in [-0.05, 0) is 47.5 Å². The Morgan fingerprint density at radius 3 is 2.54 bits per heavy atom. The van der Waals surface area contributed by atoms with Crippen LogP contribution in [0.1, 0.15) is 5.56 Å². The molecule has 0 atom stereocenters. The minimum Gasteiger partial charge on any atom is -0.497 e. The molecule has 8 nitrogen and oxygen atoms in total. The third-order valence-corrected chi connectivity index (χ3v) is 6.82. The lowest BCUT2D eigenvalue weighted by Gasteiger charge is -2.08. The van der Waals surface area contributed by atoms with E-state index in [2.05, 4.69) is 20.2 Å². The van der Waals surface area contributed by atoms with Crippen molar-refractivity contribution in [1.82, 2.24) is 30.1 Å². The number of aromatic amines is 2. The molecule has 7 aromatic rings. The molecule has 4 heterocycles. The second kappa shape index (κ2) is 10.2. The Hall–Kier alpha value is -5.57. The molecule has 0 saturated heterocycles. The lowest BCUT2D eigenvalue weighted by molar-refractivity contribution is 0.305. The molecular formula is C32H23FN6O2. The molecule has 200 valence electrons. The summed E-state index contributed by atoms with van der Waals surface area (Å²) in [6.07, 6.45) is 3.44. The van der Waals surface area contributed by atoms with Crippen LogP contribution in [0.2, 0.25) is 0 Å². The van der Waals surface area contributed by atoms with Gasteiger partial charge in [0.15, 0.2) is 11.5 Å². The van der Waals surface area contributed by atoms with Gasteiger partial charge in [-0.15, -0.1) is 0 Å². The number of nitrogens with zero attached hydrogens (tertiary/aromatic N) is 4. The van der Waals surface area contributed by atoms with Crippen LogP contribution in [0.4, 0.5) is 4.39 Å². The Labute approximate surface area is 233 Å². The molecule has 0 fully saturated rings. The number of imidazole rings is 1. The molecule has 9 heteroatoms. The number of halogens is 1. The standard InChI is InChI=1S/C32H23FN6O2/c1-40-23-13-20(12-22(33)15-23)25-8-5-9-27-29(25)37-32(36-27)31-30-28(38-39-31)11-10-26(35-30)21-14-24(17-34-16-21)41-18-19-6-3-2-4-7-19/h2-17H,18H2,1H3,(H,36,37)(H,38,39). The first-order chi connectivity index (χ1) is 20.1. The van der Waals surface area contributed by atoms with E-state index in [9.17, 15) is 4.39 Å². The van der Waals surface area contributed by atoms with Crippen molar-refractivity contribution >= 4 is 22.1 Å². The van der Waals surface area contributed by atoms with Crippen LogP contribution in [0.15, 0.2) is 97.3 Å². The van der Waals surface area contributed by atoms with Crippen molar-refractivity contribution < 1.29 is 13.9 Å². The van der Waals surface area contributed by atoms with E-state index in [1.54, 1.807) is 18.5 Å². The van der Waals surface area contributed by atoms with Gasteiger partial charge in [-0.3, -0.25) is 10.1 Å². The summed E-state index contributed by atoms with van der Waals surface area (Å²) >= 11 is 0. The molecule has 0 spiro atoms. The van der Waals surface area contributed by atoms with Crippen LogP contribution in [0.25, 0.3) is 56.0 Å². The molecule has 0 aliphatic heterocycles. The van der Waals surface area contributed by atoms with Crippen molar-refractivity contribution in [3.8, 4) is 45.4 Å². The highest BCUT2D eigenvalue weighted by Gasteiger charge is 2.17. The van der Waals surface area contributed by atoms with E-state index in [1.165, 1.54) is 19.2 Å². The van der Waals surface area contributed by atoms with Gasteiger partial charge in [-0.25, -0.2) is 14.4 Å². The predicted octanol–water partition coefficient (Wildman–Crippen LogP) is 6.96. The van der Waals surface area contributed by atoms with E-state index < -0.39 is 0 Å². The number of nitrogens with one attached hydrogen (secondary N) is 2. The topological polar surface area (TPSA) is 102 Å². The molecule has 7 rings (SSSR count). The van der Waals surface area contributed by atoms with E-state index in [4.69, 9.17) is 19.4 Å². The van der Waals surface area contributed by atoms with Crippen LogP contribution in [-0.2, 0) is 6.61 Å². The van der Waals surface area contributed by atoms with E-state index in [1.807, 2.05) is 66.7 Å². The Morgan fingerprint density at radius 2 is 1.66 bits per heavy atom. The van der Waals surface area contributed by atoms with Gasteiger partial charge in [0, 0.05) is 23.4 Å². The van der Waals surface area contributed by atoms with Crippen molar-refractivity contribution in [2.45, 2.75) is 6.61 Å². The van der Waals surface area contributed by atoms with E-state index in [0.29, 0.717) is 46.2 Å². The molecule has 0 aliphatic carbocycles. The van der Waals surface area contributed by atoms with Crippen molar-refractivity contribution in [3.63, 3.8) is 0 Å². The Kier molecular flexibility index (Phi) is 6.09. The van der Waals surface area contributed by atoms with Crippen molar-refractivity contribution in [2.24, 2.45) is 0 Å². The van der Waals surface area contributed by atoms with Crippen molar-refractivity contribution in [1.29, 1.82) is 0 Å². The molecule has 0 saturated carbocycles. The van der Waals surface area contributed by atoms with Gasteiger partial charge < -0.3 is 14.5 Å². The smallest absolute Gasteiger partial charge is 0.161 e. The first-order valence-corrected chi connectivity index (χ1v) is 13.0. The number of fused-ring (bicyclic) bond motifs is 2. The number of aromatic nitrogens is 6. The molecule has 0 bridgehead atoms. The van der Waals surface area contributed by atoms with Crippen LogP contribution >= 0.6 is 0 Å². The number of methoxy groups -OCH3 is 1. The van der Waals surface area contributed by atoms with Gasteiger partial charge >= 0.3 is 0 Å². The lowest BCUT2D eigenvalue weighted by atomic mass is 10.0. The summed E-state index contributed by atoms with van der Waals surface area (Å²) in [6, 6.07) is 26.1. The van der Waals surface area contributed by atoms with Crippen molar-refractivity contribution in [2.75, 3.05) is 7.11 Å². The van der Waals surface area contributed by atoms with Gasteiger partial charge in [0.05, 0.1) is 35.6 Å². The average Bonchev–Trinajstić information content (AvgIpc) is 3.64. The van der Waals surface area contributed by atoms with E-state index in [-0.39, 0.29) is 5.82 Å². The van der Waals surface area contributed by atoms with Gasteiger partial charge in [0.1, 0.15) is 29.4 Å². The van der Waals surface area contributed by atoms with Crippen LogP contribution in [-0.4, -0.2) is 37.2 Å². The zero-order chi connectivity index (χ0) is 27.8. The number of hydrogen-bond acceptors (Lipinski definition) is 6. The largest absolute Gasteiger partial charge is 0.497 e.